The molecule has 0 N–H and O–H groups in total. The van der Waals surface area contributed by atoms with Gasteiger partial charge in [0.1, 0.15) is 11.4 Å². The first-order chi connectivity index (χ1) is 13.0. The van der Waals surface area contributed by atoms with E-state index in [1.54, 1.807) is 28.3 Å². The molecule has 0 amide bonds. The minimum absolute atomic E-state index is 0.0564. The van der Waals surface area contributed by atoms with Crippen molar-refractivity contribution in [1.82, 2.24) is 0 Å². The first-order valence-corrected chi connectivity index (χ1v) is 8.76. The molecule has 6 nitrogen and oxygen atoms in total. The van der Waals surface area contributed by atoms with Crippen molar-refractivity contribution in [2.45, 2.75) is 25.9 Å². The van der Waals surface area contributed by atoms with Crippen LogP contribution >= 0.6 is 0 Å². The van der Waals surface area contributed by atoms with Gasteiger partial charge in [0.05, 0.1) is 34.4 Å². The number of para-hydroxylation sites is 1. The number of methoxy groups -OCH3 is 3. The molecule has 6 heteroatoms. The van der Waals surface area contributed by atoms with E-state index in [1.807, 2.05) is 37.3 Å². The van der Waals surface area contributed by atoms with Crippen molar-refractivity contribution >= 4 is 5.97 Å². The molecule has 2 aromatic carbocycles. The minimum Gasteiger partial charge on any atom is -0.493 e. The Morgan fingerprint density at radius 1 is 1.07 bits per heavy atom. The van der Waals surface area contributed by atoms with Crippen molar-refractivity contribution < 1.29 is 28.5 Å². The maximum absolute atomic E-state index is 12.3. The van der Waals surface area contributed by atoms with Gasteiger partial charge in [-0.2, -0.15) is 0 Å². The van der Waals surface area contributed by atoms with Crippen LogP contribution in [0.25, 0.3) is 11.1 Å². The summed E-state index contributed by atoms with van der Waals surface area (Å²) in [5.41, 5.74) is 1.53. The maximum atomic E-state index is 12.3. The lowest BCUT2D eigenvalue weighted by atomic mass is 9.82. The zero-order valence-electron chi connectivity index (χ0n) is 16.3. The van der Waals surface area contributed by atoms with Gasteiger partial charge < -0.3 is 23.7 Å². The minimum atomic E-state index is -0.942. The van der Waals surface area contributed by atoms with E-state index >= 15 is 0 Å². The molecular weight excluding hydrogens is 348 g/mol. The van der Waals surface area contributed by atoms with E-state index in [9.17, 15) is 4.79 Å². The van der Waals surface area contributed by atoms with Crippen LogP contribution in [0.1, 0.15) is 25.8 Å². The highest BCUT2D eigenvalue weighted by Crippen LogP contribution is 2.55. The third-order valence-corrected chi connectivity index (χ3v) is 4.68. The summed E-state index contributed by atoms with van der Waals surface area (Å²) >= 11 is 0. The Bertz CT molecular complexity index is 860. The van der Waals surface area contributed by atoms with Crippen LogP contribution in [0.2, 0.25) is 0 Å². The van der Waals surface area contributed by atoms with Gasteiger partial charge in [-0.1, -0.05) is 18.2 Å². The first-order valence-electron chi connectivity index (χ1n) is 8.76. The number of benzene rings is 2. The predicted molar refractivity (Wildman–Crippen MR) is 101 cm³/mol. The van der Waals surface area contributed by atoms with Gasteiger partial charge in [-0.3, -0.25) is 4.79 Å². The van der Waals surface area contributed by atoms with Gasteiger partial charge in [0.15, 0.2) is 11.5 Å². The fourth-order valence-electron chi connectivity index (χ4n) is 3.52. The Morgan fingerprint density at radius 3 is 2.41 bits per heavy atom. The molecule has 0 saturated carbocycles. The predicted octanol–water partition coefficient (Wildman–Crippen LogP) is 3.94. The molecule has 2 aromatic rings. The van der Waals surface area contributed by atoms with E-state index < -0.39 is 5.60 Å². The Morgan fingerprint density at radius 2 is 1.78 bits per heavy atom. The van der Waals surface area contributed by atoms with E-state index in [-0.39, 0.29) is 12.4 Å². The highest BCUT2D eigenvalue weighted by atomic mass is 16.5. The van der Waals surface area contributed by atoms with Crippen LogP contribution in [0, 0.1) is 0 Å². The third kappa shape index (κ3) is 3.16. The number of rotatable bonds is 6. The molecule has 1 atom stereocenters. The van der Waals surface area contributed by atoms with Crippen molar-refractivity contribution in [1.29, 1.82) is 0 Å². The smallest absolute Gasteiger partial charge is 0.310 e. The second-order valence-electron chi connectivity index (χ2n) is 6.38. The van der Waals surface area contributed by atoms with Crippen LogP contribution in [0.15, 0.2) is 30.3 Å². The number of hydrogen-bond donors (Lipinski definition) is 0. The molecule has 1 unspecified atom stereocenters. The fourth-order valence-corrected chi connectivity index (χ4v) is 3.52. The largest absolute Gasteiger partial charge is 0.493 e. The van der Waals surface area contributed by atoms with Crippen LogP contribution in [0.3, 0.4) is 0 Å². The lowest BCUT2D eigenvalue weighted by Crippen LogP contribution is -2.36. The average Bonchev–Trinajstić information content (AvgIpc) is 2.66. The summed E-state index contributed by atoms with van der Waals surface area (Å²) in [4.78, 5) is 12.3. The van der Waals surface area contributed by atoms with Gasteiger partial charge in [-0.25, -0.2) is 0 Å². The molecule has 1 heterocycles. The van der Waals surface area contributed by atoms with Crippen LogP contribution in [-0.2, 0) is 15.1 Å². The Labute approximate surface area is 158 Å². The van der Waals surface area contributed by atoms with Gasteiger partial charge in [-0.05, 0) is 26.0 Å². The topological polar surface area (TPSA) is 63.2 Å². The van der Waals surface area contributed by atoms with Gasteiger partial charge in [-0.15, -0.1) is 0 Å². The maximum Gasteiger partial charge on any atom is 0.310 e. The van der Waals surface area contributed by atoms with Crippen molar-refractivity contribution in [3.63, 3.8) is 0 Å². The molecule has 1 aliphatic heterocycles. The van der Waals surface area contributed by atoms with Crippen LogP contribution < -0.4 is 18.9 Å². The molecule has 0 radical (unpaired) electrons. The summed E-state index contributed by atoms with van der Waals surface area (Å²) in [6.45, 7) is 3.96. The van der Waals surface area contributed by atoms with E-state index in [2.05, 4.69) is 0 Å². The lowest BCUT2D eigenvalue weighted by molar-refractivity contribution is -0.147. The normalized spacial score (nSPS) is 17.2. The number of fused-ring (bicyclic) bond motifs is 3. The molecule has 0 fully saturated rings. The summed E-state index contributed by atoms with van der Waals surface area (Å²) in [6.07, 6.45) is 0.0564. The molecule has 0 spiro atoms. The van der Waals surface area contributed by atoms with Gasteiger partial charge >= 0.3 is 5.97 Å². The van der Waals surface area contributed by atoms with Crippen LogP contribution in [0.5, 0.6) is 23.0 Å². The van der Waals surface area contributed by atoms with Gasteiger partial charge in [0, 0.05) is 16.7 Å². The molecule has 144 valence electrons. The van der Waals surface area contributed by atoms with Crippen molar-refractivity contribution in [3.05, 3.63) is 35.9 Å². The Balaban J connectivity index is 2.30. The van der Waals surface area contributed by atoms with E-state index in [1.165, 1.54) is 0 Å². The standard InChI is InChI=1S/C21H24O6/c1-6-26-17(22)12-21(2)14-11-16(23-3)19(24-4)20(25-5)18(14)13-9-7-8-10-15(13)27-21/h7-11H,6,12H2,1-5H3. The van der Waals surface area contributed by atoms with Crippen molar-refractivity contribution in [3.8, 4) is 34.1 Å². The molecule has 27 heavy (non-hydrogen) atoms. The lowest BCUT2D eigenvalue weighted by Gasteiger charge is -2.38. The molecule has 1 aliphatic rings. The second-order valence-corrected chi connectivity index (χ2v) is 6.38. The van der Waals surface area contributed by atoms with Crippen molar-refractivity contribution in [2.24, 2.45) is 0 Å². The SMILES string of the molecule is CCOC(=O)CC1(C)Oc2ccccc2-c2c1cc(OC)c(OC)c2OC. The zero-order chi connectivity index (χ0) is 19.6. The second kappa shape index (κ2) is 7.39. The molecule has 0 saturated heterocycles. The molecule has 0 aromatic heterocycles. The molecule has 0 aliphatic carbocycles. The molecular formula is C21H24O6. The van der Waals surface area contributed by atoms with Crippen LogP contribution in [-0.4, -0.2) is 33.9 Å². The highest BCUT2D eigenvalue weighted by Gasteiger charge is 2.42. The number of ether oxygens (including phenoxy) is 5. The summed E-state index contributed by atoms with van der Waals surface area (Å²) in [5, 5.41) is 0. The highest BCUT2D eigenvalue weighted by molar-refractivity contribution is 5.86. The average molecular weight is 372 g/mol. The third-order valence-electron chi connectivity index (χ3n) is 4.68. The summed E-state index contributed by atoms with van der Waals surface area (Å²) < 4.78 is 28.2. The summed E-state index contributed by atoms with van der Waals surface area (Å²) in [5.74, 6) is 1.87. The van der Waals surface area contributed by atoms with E-state index in [0.29, 0.717) is 29.6 Å². The molecule has 0 bridgehead atoms. The molecule has 3 rings (SSSR count). The fraction of sp³-hybridized carbons (Fsp3) is 0.381. The quantitative estimate of drug-likeness (QED) is 0.716. The number of hydrogen-bond acceptors (Lipinski definition) is 6. The monoisotopic (exact) mass is 372 g/mol. The van der Waals surface area contributed by atoms with Gasteiger partial charge in [0.2, 0.25) is 5.75 Å². The number of esters is 1. The van der Waals surface area contributed by atoms with E-state index in [4.69, 9.17) is 23.7 Å². The van der Waals surface area contributed by atoms with Crippen molar-refractivity contribution in [2.75, 3.05) is 27.9 Å². The van der Waals surface area contributed by atoms with Crippen LogP contribution in [0.4, 0.5) is 0 Å². The number of carbonyl (C=O) groups is 1. The van der Waals surface area contributed by atoms with E-state index in [0.717, 1.165) is 16.7 Å². The summed E-state index contributed by atoms with van der Waals surface area (Å²) in [7, 11) is 4.71. The summed E-state index contributed by atoms with van der Waals surface area (Å²) in [6, 6.07) is 9.48. The number of carbonyl (C=O) groups excluding carboxylic acids is 1. The Kier molecular flexibility index (Phi) is 5.17. The Hall–Kier alpha value is -2.89. The van der Waals surface area contributed by atoms with Gasteiger partial charge in [0.25, 0.3) is 0 Å². The first kappa shape index (κ1) is 18.9. The zero-order valence-corrected chi connectivity index (χ0v) is 16.3.